The van der Waals surface area contributed by atoms with Crippen molar-refractivity contribution in [1.29, 1.82) is 0 Å². The lowest BCUT2D eigenvalue weighted by Gasteiger charge is -2.13. The number of alkyl halides is 4. The maximum absolute atomic E-state index is 11.0. The lowest BCUT2D eigenvalue weighted by atomic mass is 10.5. The summed E-state index contributed by atoms with van der Waals surface area (Å²) in [4.78, 5) is 8.11. The first-order chi connectivity index (χ1) is 6.37. The Morgan fingerprint density at radius 3 is 2.14 bits per heavy atom. The van der Waals surface area contributed by atoms with E-state index in [4.69, 9.17) is 51.3 Å². The van der Waals surface area contributed by atoms with Gasteiger partial charge in [-0.2, -0.15) is 0 Å². The Morgan fingerprint density at radius 1 is 1.21 bits per heavy atom. The van der Waals surface area contributed by atoms with Gasteiger partial charge in [-0.15, -0.1) is 46.4 Å². The first-order valence-electron chi connectivity index (χ1n) is 3.47. The third-order valence-corrected chi connectivity index (χ3v) is 2.96. The van der Waals surface area contributed by atoms with Crippen molar-refractivity contribution in [3.63, 3.8) is 0 Å². The van der Waals surface area contributed by atoms with Gasteiger partial charge in [-0.05, 0) is 0 Å². The molecule has 0 fully saturated rings. The average Bonchev–Trinajstić information content (AvgIpc) is 2.11. The monoisotopic (exact) mass is 304 g/mol. The molecular weight excluding hydrogens is 297 g/mol. The van der Waals surface area contributed by atoms with Crippen molar-refractivity contribution in [2.24, 2.45) is 0 Å². The second-order valence-electron chi connectivity index (χ2n) is 2.20. The summed E-state index contributed by atoms with van der Waals surface area (Å²) < 4.78 is 19.9. The van der Waals surface area contributed by atoms with Crippen LogP contribution in [0.1, 0.15) is 0 Å². The summed E-state index contributed by atoms with van der Waals surface area (Å²) in [5.41, 5.74) is 0. The van der Waals surface area contributed by atoms with Crippen LogP contribution in [0.3, 0.4) is 0 Å². The topological polar surface area (TPSA) is 55.8 Å². The minimum Gasteiger partial charge on any atom is -0.302 e. The molecule has 0 heterocycles. The number of hydrogen-bond donors (Lipinski definition) is 1. The molecule has 14 heavy (non-hydrogen) atoms. The molecule has 2 unspecified atom stereocenters. The highest BCUT2D eigenvalue weighted by Crippen LogP contribution is 2.43. The highest BCUT2D eigenvalue weighted by atomic mass is 35.5. The molecule has 0 spiro atoms. The summed E-state index contributed by atoms with van der Waals surface area (Å²) in [5.74, 6) is 0.106. The Morgan fingerprint density at radius 2 is 1.71 bits per heavy atom. The van der Waals surface area contributed by atoms with E-state index >= 15 is 0 Å². The average molecular weight is 306 g/mol. The summed E-state index contributed by atoms with van der Waals surface area (Å²) in [5, 5.41) is -0.552. The highest BCUT2D eigenvalue weighted by Gasteiger charge is 2.23. The quantitative estimate of drug-likeness (QED) is 0.580. The Bertz CT molecular complexity index is 202. The molecule has 0 saturated heterocycles. The van der Waals surface area contributed by atoms with E-state index in [1.807, 2.05) is 0 Å². The number of rotatable bonds is 7. The van der Waals surface area contributed by atoms with Crippen LogP contribution >= 0.6 is 54.2 Å². The van der Waals surface area contributed by atoms with Gasteiger partial charge in [0.25, 0.3) is 0 Å². The lowest BCUT2D eigenvalue weighted by Crippen LogP contribution is -2.11. The van der Waals surface area contributed by atoms with Crippen LogP contribution in [0.25, 0.3) is 0 Å². The molecule has 0 amide bonds. The van der Waals surface area contributed by atoms with Gasteiger partial charge in [-0.1, -0.05) is 0 Å². The third kappa shape index (κ3) is 8.57. The van der Waals surface area contributed by atoms with Crippen LogP contribution in [-0.4, -0.2) is 34.2 Å². The van der Waals surface area contributed by atoms with Crippen molar-refractivity contribution in [2.75, 3.05) is 19.1 Å². The maximum atomic E-state index is 11.0. The summed E-state index contributed by atoms with van der Waals surface area (Å²) >= 11 is 21.4. The fourth-order valence-electron chi connectivity index (χ4n) is 0.407. The van der Waals surface area contributed by atoms with Gasteiger partial charge in [0.05, 0.1) is 18.6 Å². The fourth-order valence-corrected chi connectivity index (χ4v) is 1.73. The Kier molecular flexibility index (Phi) is 8.21. The van der Waals surface area contributed by atoms with Gasteiger partial charge in [0, 0.05) is 5.88 Å². The standard InChI is InChI=1S/C5H9Cl4O4P/c6-1-4(7)2-12-14(10,11)13-3-5(8)9/h4-5H,1-3H2,(H,10,11). The molecule has 0 bridgehead atoms. The number of phosphoric ester groups is 1. The SMILES string of the molecule is O=P(O)(OCC(Cl)Cl)OCC(Cl)CCl. The Hall–Kier alpha value is 1.27. The second-order valence-corrected chi connectivity index (χ2v) is 5.86. The summed E-state index contributed by atoms with van der Waals surface area (Å²) in [6, 6.07) is 0. The Balaban J connectivity index is 3.77. The lowest BCUT2D eigenvalue weighted by molar-refractivity contribution is 0.155. The van der Waals surface area contributed by atoms with E-state index in [0.29, 0.717) is 0 Å². The number of hydrogen-bond acceptors (Lipinski definition) is 3. The van der Waals surface area contributed by atoms with Gasteiger partial charge in [-0.3, -0.25) is 9.05 Å². The van der Waals surface area contributed by atoms with Gasteiger partial charge in [0.15, 0.2) is 0 Å². The molecule has 0 aromatic heterocycles. The largest absolute Gasteiger partial charge is 0.472 e. The highest BCUT2D eigenvalue weighted by molar-refractivity contribution is 7.47. The molecule has 9 heteroatoms. The molecule has 0 radical (unpaired) electrons. The van der Waals surface area contributed by atoms with E-state index in [9.17, 15) is 4.57 Å². The van der Waals surface area contributed by atoms with E-state index < -0.39 is 18.0 Å². The van der Waals surface area contributed by atoms with E-state index in [2.05, 4.69) is 9.05 Å². The molecule has 0 aliphatic rings. The van der Waals surface area contributed by atoms with Crippen molar-refractivity contribution in [3.8, 4) is 0 Å². The van der Waals surface area contributed by atoms with E-state index in [1.54, 1.807) is 0 Å². The van der Waals surface area contributed by atoms with Gasteiger partial charge in [0.2, 0.25) is 0 Å². The first kappa shape index (κ1) is 15.3. The van der Waals surface area contributed by atoms with E-state index in [-0.39, 0.29) is 19.1 Å². The molecular formula is C5H9Cl4O4P. The van der Waals surface area contributed by atoms with Crippen molar-refractivity contribution in [3.05, 3.63) is 0 Å². The summed E-state index contributed by atoms with van der Waals surface area (Å²) in [6.45, 7) is -0.487. The smallest absolute Gasteiger partial charge is 0.302 e. The molecule has 0 rings (SSSR count). The third-order valence-electron chi connectivity index (χ3n) is 0.950. The van der Waals surface area contributed by atoms with Gasteiger partial charge < -0.3 is 4.89 Å². The molecule has 0 aromatic carbocycles. The van der Waals surface area contributed by atoms with Crippen molar-refractivity contribution in [2.45, 2.75) is 10.2 Å². The van der Waals surface area contributed by atoms with Crippen LogP contribution in [0.15, 0.2) is 0 Å². The number of phosphoric acid groups is 1. The molecule has 0 saturated carbocycles. The normalized spacial score (nSPS) is 18.1. The number of halogens is 4. The van der Waals surface area contributed by atoms with Crippen molar-refractivity contribution >= 4 is 54.2 Å². The van der Waals surface area contributed by atoms with Gasteiger partial charge in [0.1, 0.15) is 4.84 Å². The minimum atomic E-state index is -4.13. The van der Waals surface area contributed by atoms with Crippen LogP contribution < -0.4 is 0 Å². The zero-order chi connectivity index (χ0) is 11.2. The predicted octanol–water partition coefficient (Wildman–Crippen LogP) is 2.77. The minimum absolute atomic E-state index is 0.106. The molecule has 0 aliphatic heterocycles. The molecule has 4 nitrogen and oxygen atoms in total. The van der Waals surface area contributed by atoms with Crippen LogP contribution in [0, 0.1) is 0 Å². The van der Waals surface area contributed by atoms with Gasteiger partial charge >= 0.3 is 7.82 Å². The molecule has 86 valence electrons. The van der Waals surface area contributed by atoms with E-state index in [0.717, 1.165) is 0 Å². The zero-order valence-electron chi connectivity index (χ0n) is 6.91. The summed E-state index contributed by atoms with van der Waals surface area (Å²) in [6.07, 6.45) is 0. The molecule has 0 aromatic rings. The van der Waals surface area contributed by atoms with Crippen molar-refractivity contribution in [1.82, 2.24) is 0 Å². The van der Waals surface area contributed by atoms with Gasteiger partial charge in [-0.25, -0.2) is 4.57 Å². The Labute approximate surface area is 102 Å². The van der Waals surface area contributed by atoms with Crippen LogP contribution in [0.5, 0.6) is 0 Å². The maximum Gasteiger partial charge on any atom is 0.472 e. The second kappa shape index (κ2) is 7.53. The van der Waals surface area contributed by atoms with Crippen LogP contribution in [0.2, 0.25) is 0 Å². The molecule has 1 N–H and O–H groups in total. The van der Waals surface area contributed by atoms with Crippen molar-refractivity contribution < 1.29 is 18.5 Å². The van der Waals surface area contributed by atoms with Crippen LogP contribution in [-0.2, 0) is 13.6 Å². The fraction of sp³-hybridized carbons (Fsp3) is 1.00. The zero-order valence-corrected chi connectivity index (χ0v) is 10.8. The molecule has 0 aliphatic carbocycles. The first-order valence-corrected chi connectivity index (χ1v) is 6.81. The van der Waals surface area contributed by atoms with E-state index in [1.165, 1.54) is 0 Å². The van der Waals surface area contributed by atoms with Crippen LogP contribution in [0.4, 0.5) is 0 Å². The summed E-state index contributed by atoms with van der Waals surface area (Å²) in [7, 11) is -4.13. The predicted molar refractivity (Wildman–Crippen MR) is 57.6 cm³/mol. The molecule has 2 atom stereocenters.